The van der Waals surface area contributed by atoms with Crippen LogP contribution in [0.1, 0.15) is 39.9 Å². The summed E-state index contributed by atoms with van der Waals surface area (Å²) in [7, 11) is 0. The number of alkyl halides is 3. The third-order valence-electron chi connectivity index (χ3n) is 6.68. The lowest BCUT2D eigenvalue weighted by Crippen LogP contribution is -2.26. The van der Waals surface area contributed by atoms with Crippen molar-refractivity contribution in [1.82, 2.24) is 10.3 Å². The minimum absolute atomic E-state index is 0.0539. The highest BCUT2D eigenvalue weighted by atomic mass is 32.2. The van der Waals surface area contributed by atoms with Gasteiger partial charge in [0, 0.05) is 33.6 Å². The average molecular weight is 598 g/mol. The SMILES string of the molecule is O=C(O)CCNC(=O)c1ccc(CN(c2ccc3c(c2)CCC3)c2nc(-c3ccc(SC(F)(F)F)cc3)cs2)cc1. The Hall–Kier alpha value is -3.83. The second kappa shape index (κ2) is 12.4. The van der Waals surface area contributed by atoms with E-state index in [-0.39, 0.29) is 35.5 Å². The second-order valence-corrected chi connectivity index (χ2v) is 11.6. The van der Waals surface area contributed by atoms with Crippen molar-refractivity contribution in [2.75, 3.05) is 11.4 Å². The highest BCUT2D eigenvalue weighted by Crippen LogP contribution is 2.39. The first kappa shape index (κ1) is 28.7. The molecule has 41 heavy (non-hydrogen) atoms. The number of carbonyl (C=O) groups is 2. The van der Waals surface area contributed by atoms with Crippen molar-refractivity contribution < 1.29 is 27.9 Å². The zero-order valence-electron chi connectivity index (χ0n) is 21.8. The van der Waals surface area contributed by atoms with E-state index in [0.29, 0.717) is 17.8 Å². The lowest BCUT2D eigenvalue weighted by Gasteiger charge is -2.23. The van der Waals surface area contributed by atoms with Crippen molar-refractivity contribution >= 4 is 45.8 Å². The summed E-state index contributed by atoms with van der Waals surface area (Å²) in [6, 6.07) is 19.8. The number of carboxylic acids is 1. The van der Waals surface area contributed by atoms with E-state index in [0.717, 1.165) is 41.2 Å². The lowest BCUT2D eigenvalue weighted by atomic mass is 10.1. The van der Waals surface area contributed by atoms with Crippen molar-refractivity contribution in [3.8, 4) is 11.3 Å². The zero-order valence-corrected chi connectivity index (χ0v) is 23.4. The van der Waals surface area contributed by atoms with Crippen LogP contribution in [0.25, 0.3) is 11.3 Å². The van der Waals surface area contributed by atoms with Crippen LogP contribution in [0.2, 0.25) is 0 Å². The van der Waals surface area contributed by atoms with Gasteiger partial charge in [0.15, 0.2) is 5.13 Å². The number of halogens is 3. The molecule has 1 aromatic heterocycles. The minimum Gasteiger partial charge on any atom is -0.481 e. The van der Waals surface area contributed by atoms with Crippen LogP contribution >= 0.6 is 23.1 Å². The van der Waals surface area contributed by atoms with E-state index in [1.807, 2.05) is 17.5 Å². The molecule has 0 saturated heterocycles. The number of anilines is 2. The molecule has 1 amide bonds. The Balaban J connectivity index is 1.38. The fourth-order valence-corrected chi connectivity index (χ4v) is 6.07. The molecule has 0 unspecified atom stereocenters. The quantitative estimate of drug-likeness (QED) is 0.185. The smallest absolute Gasteiger partial charge is 0.446 e. The predicted molar refractivity (Wildman–Crippen MR) is 155 cm³/mol. The molecular weight excluding hydrogens is 571 g/mol. The van der Waals surface area contributed by atoms with Gasteiger partial charge >= 0.3 is 11.5 Å². The summed E-state index contributed by atoms with van der Waals surface area (Å²) in [4.78, 5) is 30.1. The van der Waals surface area contributed by atoms with Crippen molar-refractivity contribution in [3.05, 3.63) is 94.4 Å². The fourth-order valence-electron chi connectivity index (χ4n) is 4.67. The molecule has 0 aliphatic heterocycles. The Kier molecular flexibility index (Phi) is 8.65. The maximum atomic E-state index is 12.7. The first-order chi connectivity index (χ1) is 19.6. The Labute approximate surface area is 243 Å². The van der Waals surface area contributed by atoms with E-state index in [1.165, 1.54) is 34.6 Å². The van der Waals surface area contributed by atoms with E-state index in [1.54, 1.807) is 24.3 Å². The number of thiazole rings is 1. The number of aryl methyl sites for hydroxylation is 2. The molecule has 1 aliphatic rings. The Morgan fingerprint density at radius 2 is 1.73 bits per heavy atom. The number of carboxylic acid groups (broad SMARTS) is 1. The predicted octanol–water partition coefficient (Wildman–Crippen LogP) is 7.45. The highest BCUT2D eigenvalue weighted by molar-refractivity contribution is 8.00. The van der Waals surface area contributed by atoms with Gasteiger partial charge in [-0.2, -0.15) is 13.2 Å². The van der Waals surface area contributed by atoms with E-state index in [4.69, 9.17) is 10.1 Å². The zero-order chi connectivity index (χ0) is 29.0. The summed E-state index contributed by atoms with van der Waals surface area (Å²) in [5.74, 6) is -1.31. The number of amides is 1. The summed E-state index contributed by atoms with van der Waals surface area (Å²) < 4.78 is 38.2. The van der Waals surface area contributed by atoms with Crippen LogP contribution in [0, 0.1) is 0 Å². The number of nitrogens with one attached hydrogen (secondary N) is 1. The van der Waals surface area contributed by atoms with Crippen molar-refractivity contribution in [1.29, 1.82) is 0 Å². The van der Waals surface area contributed by atoms with Gasteiger partial charge in [-0.3, -0.25) is 9.59 Å². The molecule has 0 bridgehead atoms. The van der Waals surface area contributed by atoms with Gasteiger partial charge in [0.1, 0.15) is 0 Å². The molecule has 5 rings (SSSR count). The number of thioether (sulfide) groups is 1. The molecule has 0 radical (unpaired) electrons. The molecule has 3 aromatic carbocycles. The fraction of sp³-hybridized carbons (Fsp3) is 0.233. The van der Waals surface area contributed by atoms with Crippen LogP contribution in [-0.2, 0) is 24.2 Å². The van der Waals surface area contributed by atoms with Gasteiger partial charge in [-0.25, -0.2) is 4.98 Å². The van der Waals surface area contributed by atoms with E-state index in [9.17, 15) is 22.8 Å². The largest absolute Gasteiger partial charge is 0.481 e. The maximum absolute atomic E-state index is 12.7. The van der Waals surface area contributed by atoms with Crippen LogP contribution in [0.15, 0.2) is 77.0 Å². The first-order valence-corrected chi connectivity index (χ1v) is 14.6. The van der Waals surface area contributed by atoms with Crippen LogP contribution in [0.5, 0.6) is 0 Å². The minimum atomic E-state index is -4.34. The normalized spacial score (nSPS) is 12.7. The van der Waals surface area contributed by atoms with Gasteiger partial charge in [-0.1, -0.05) is 30.3 Å². The molecule has 1 heterocycles. The molecule has 0 atom stereocenters. The topological polar surface area (TPSA) is 82.5 Å². The lowest BCUT2D eigenvalue weighted by molar-refractivity contribution is -0.136. The van der Waals surface area contributed by atoms with Crippen molar-refractivity contribution in [2.24, 2.45) is 0 Å². The molecule has 0 saturated carbocycles. The van der Waals surface area contributed by atoms with E-state index < -0.39 is 11.5 Å². The monoisotopic (exact) mass is 597 g/mol. The Morgan fingerprint density at radius 3 is 2.44 bits per heavy atom. The second-order valence-electron chi connectivity index (χ2n) is 9.58. The van der Waals surface area contributed by atoms with Gasteiger partial charge in [0.25, 0.3) is 5.91 Å². The summed E-state index contributed by atoms with van der Waals surface area (Å²) in [5, 5.41) is 14.0. The van der Waals surface area contributed by atoms with Gasteiger partial charge in [-0.05, 0) is 84.1 Å². The van der Waals surface area contributed by atoms with Gasteiger partial charge in [0.2, 0.25) is 0 Å². The highest BCUT2D eigenvalue weighted by Gasteiger charge is 2.29. The van der Waals surface area contributed by atoms with Crippen LogP contribution in [-0.4, -0.2) is 34.0 Å². The van der Waals surface area contributed by atoms with Gasteiger partial charge in [0.05, 0.1) is 18.7 Å². The number of aromatic nitrogens is 1. The van der Waals surface area contributed by atoms with Crippen LogP contribution in [0.4, 0.5) is 24.0 Å². The van der Waals surface area contributed by atoms with E-state index >= 15 is 0 Å². The van der Waals surface area contributed by atoms with Gasteiger partial charge < -0.3 is 15.3 Å². The molecule has 2 N–H and O–H groups in total. The summed E-state index contributed by atoms with van der Waals surface area (Å²) in [6.07, 6.45) is 3.06. The number of nitrogens with zero attached hydrogens (tertiary/aromatic N) is 2. The van der Waals surface area contributed by atoms with Gasteiger partial charge in [-0.15, -0.1) is 11.3 Å². The molecular formula is C30H26F3N3O3S2. The Morgan fingerprint density at radius 1 is 1.00 bits per heavy atom. The number of carbonyl (C=O) groups excluding carboxylic acids is 1. The number of hydrogen-bond acceptors (Lipinski definition) is 6. The molecule has 6 nitrogen and oxygen atoms in total. The Bertz CT molecular complexity index is 1540. The molecule has 0 spiro atoms. The molecule has 212 valence electrons. The number of rotatable bonds is 10. The number of fused-ring (bicyclic) bond motifs is 1. The number of benzene rings is 3. The third-order valence-corrected chi connectivity index (χ3v) is 8.28. The van der Waals surface area contributed by atoms with E-state index in [2.05, 4.69) is 28.4 Å². The molecule has 11 heteroatoms. The third kappa shape index (κ3) is 7.47. The van der Waals surface area contributed by atoms with Crippen molar-refractivity contribution in [2.45, 2.75) is 42.6 Å². The molecule has 1 aliphatic carbocycles. The first-order valence-electron chi connectivity index (χ1n) is 12.9. The average Bonchev–Trinajstić information content (AvgIpc) is 3.61. The number of hydrogen-bond donors (Lipinski definition) is 2. The summed E-state index contributed by atoms with van der Waals surface area (Å²) >= 11 is 1.31. The van der Waals surface area contributed by atoms with Crippen LogP contribution in [0.3, 0.4) is 0 Å². The molecule has 4 aromatic rings. The maximum Gasteiger partial charge on any atom is 0.446 e. The summed E-state index contributed by atoms with van der Waals surface area (Å²) in [6.45, 7) is 0.534. The molecule has 0 fully saturated rings. The standard InChI is InChI=1S/C30H26F3N3O3S2/c31-30(32,33)41-25-12-9-21(10-13-25)26-18-40-29(35-26)36(24-11-8-20-2-1-3-23(20)16-24)17-19-4-6-22(7-5-19)28(39)34-15-14-27(37)38/h4-13,16,18H,1-3,14-15,17H2,(H,34,39)(H,37,38). The summed E-state index contributed by atoms with van der Waals surface area (Å²) in [5.41, 5.74) is 2.09. The van der Waals surface area contributed by atoms with Crippen molar-refractivity contribution in [3.63, 3.8) is 0 Å². The number of aliphatic carboxylic acids is 1. The van der Waals surface area contributed by atoms with Crippen LogP contribution < -0.4 is 10.2 Å².